The molecule has 2 unspecified atom stereocenters. The van der Waals surface area contributed by atoms with Gasteiger partial charge in [0.05, 0.1) is 5.60 Å². The average Bonchev–Trinajstić information content (AvgIpc) is 2.40. The fourth-order valence-electron chi connectivity index (χ4n) is 4.02. The van der Waals surface area contributed by atoms with E-state index in [1.54, 1.807) is 0 Å². The highest BCUT2D eigenvalue weighted by Gasteiger charge is 2.41. The highest BCUT2D eigenvalue weighted by Crippen LogP contribution is 2.42. The quantitative estimate of drug-likeness (QED) is 0.720. The summed E-state index contributed by atoms with van der Waals surface area (Å²) in [6, 6.07) is 0. The first-order valence-corrected chi connectivity index (χ1v) is 7.51. The molecule has 0 aromatic carbocycles. The molecule has 0 radical (unpaired) electrons. The molecule has 2 atom stereocenters. The number of carbonyl (C=O) groups is 1. The van der Waals surface area contributed by atoms with Crippen molar-refractivity contribution in [3.63, 3.8) is 0 Å². The summed E-state index contributed by atoms with van der Waals surface area (Å²) < 4.78 is 11.6. The second kappa shape index (κ2) is 5.30. The Bertz CT molecular complexity index is 301. The summed E-state index contributed by atoms with van der Waals surface area (Å²) in [6.07, 6.45) is 8.42. The van der Waals surface area contributed by atoms with E-state index in [4.69, 9.17) is 9.47 Å². The van der Waals surface area contributed by atoms with Crippen LogP contribution >= 0.6 is 0 Å². The van der Waals surface area contributed by atoms with Crippen LogP contribution in [-0.2, 0) is 14.3 Å². The molecular formula is C15H24O3. The number of rotatable bonds is 1. The Morgan fingerprint density at radius 1 is 1.06 bits per heavy atom. The Kier molecular flexibility index (Phi) is 3.71. The van der Waals surface area contributed by atoms with Gasteiger partial charge in [-0.25, -0.2) is 0 Å². The topological polar surface area (TPSA) is 35.5 Å². The Morgan fingerprint density at radius 3 is 2.67 bits per heavy atom. The first-order chi connectivity index (χ1) is 8.77. The van der Waals surface area contributed by atoms with Crippen molar-refractivity contribution in [2.75, 3.05) is 19.8 Å². The molecule has 0 amide bonds. The number of hydrogen-bond donors (Lipinski definition) is 0. The Morgan fingerprint density at radius 2 is 1.89 bits per heavy atom. The van der Waals surface area contributed by atoms with Gasteiger partial charge in [0.1, 0.15) is 5.78 Å². The van der Waals surface area contributed by atoms with Crippen LogP contribution in [0.15, 0.2) is 0 Å². The van der Waals surface area contributed by atoms with Crippen molar-refractivity contribution in [3.05, 3.63) is 0 Å². The first-order valence-electron chi connectivity index (χ1n) is 7.51. The maximum atomic E-state index is 11.6. The molecule has 0 bridgehead atoms. The Hall–Kier alpha value is -0.410. The molecule has 2 aliphatic heterocycles. The minimum atomic E-state index is 0.0850. The Labute approximate surface area is 109 Å². The molecule has 1 saturated carbocycles. The zero-order chi connectivity index (χ0) is 12.4. The smallest absolute Gasteiger partial charge is 0.133 e. The highest BCUT2D eigenvalue weighted by atomic mass is 16.5. The monoisotopic (exact) mass is 252 g/mol. The van der Waals surface area contributed by atoms with Crippen molar-refractivity contribution in [2.45, 2.75) is 57.0 Å². The van der Waals surface area contributed by atoms with Crippen molar-refractivity contribution >= 4 is 5.78 Å². The predicted molar refractivity (Wildman–Crippen MR) is 68.4 cm³/mol. The number of ketones is 1. The third-order valence-electron chi connectivity index (χ3n) is 5.12. The van der Waals surface area contributed by atoms with Crippen molar-refractivity contribution < 1.29 is 14.3 Å². The molecule has 3 fully saturated rings. The summed E-state index contributed by atoms with van der Waals surface area (Å²) in [6.45, 7) is 2.57. The minimum Gasteiger partial charge on any atom is -0.381 e. The largest absolute Gasteiger partial charge is 0.381 e. The van der Waals surface area contributed by atoms with Gasteiger partial charge in [-0.15, -0.1) is 0 Å². The summed E-state index contributed by atoms with van der Waals surface area (Å²) in [5.74, 6) is 1.83. The molecule has 102 valence electrons. The van der Waals surface area contributed by atoms with E-state index < -0.39 is 0 Å². The van der Waals surface area contributed by atoms with Gasteiger partial charge in [-0.3, -0.25) is 4.79 Å². The summed E-state index contributed by atoms with van der Waals surface area (Å²) in [5.41, 5.74) is 0.0850. The van der Waals surface area contributed by atoms with E-state index in [1.807, 2.05) is 0 Å². The van der Waals surface area contributed by atoms with Gasteiger partial charge in [-0.05, 0) is 50.4 Å². The van der Waals surface area contributed by atoms with Crippen LogP contribution in [0, 0.1) is 11.8 Å². The summed E-state index contributed by atoms with van der Waals surface area (Å²) in [5, 5.41) is 0. The van der Waals surface area contributed by atoms with Gasteiger partial charge in [0.15, 0.2) is 0 Å². The molecule has 3 nitrogen and oxygen atoms in total. The molecule has 0 N–H and O–H groups in total. The maximum Gasteiger partial charge on any atom is 0.133 e. The molecular weight excluding hydrogens is 228 g/mol. The van der Waals surface area contributed by atoms with E-state index in [0.717, 1.165) is 64.8 Å². The van der Waals surface area contributed by atoms with Gasteiger partial charge in [0.25, 0.3) is 0 Å². The van der Waals surface area contributed by atoms with Crippen molar-refractivity contribution in [2.24, 2.45) is 11.8 Å². The molecule has 1 spiro atoms. The lowest BCUT2D eigenvalue weighted by atomic mass is 9.71. The van der Waals surface area contributed by atoms with Crippen LogP contribution in [0.3, 0.4) is 0 Å². The van der Waals surface area contributed by atoms with Crippen LogP contribution in [-0.4, -0.2) is 31.2 Å². The number of ether oxygens (including phenoxy) is 2. The van der Waals surface area contributed by atoms with E-state index in [9.17, 15) is 4.79 Å². The third-order valence-corrected chi connectivity index (χ3v) is 5.12. The van der Waals surface area contributed by atoms with Crippen LogP contribution in [0.1, 0.15) is 51.4 Å². The van der Waals surface area contributed by atoms with Crippen molar-refractivity contribution in [1.29, 1.82) is 0 Å². The number of carbonyl (C=O) groups excluding carboxylic acids is 1. The second-order valence-corrected chi connectivity index (χ2v) is 6.29. The second-order valence-electron chi connectivity index (χ2n) is 6.29. The number of Topliss-reactive ketones (excluding diaryl/α,β-unsaturated/α-hetero) is 1. The van der Waals surface area contributed by atoms with Crippen LogP contribution in [0.4, 0.5) is 0 Å². The van der Waals surface area contributed by atoms with E-state index in [2.05, 4.69) is 0 Å². The third kappa shape index (κ3) is 2.62. The van der Waals surface area contributed by atoms with Gasteiger partial charge in [0, 0.05) is 32.7 Å². The summed E-state index contributed by atoms with van der Waals surface area (Å²) in [7, 11) is 0. The molecule has 18 heavy (non-hydrogen) atoms. The van der Waals surface area contributed by atoms with E-state index >= 15 is 0 Å². The lowest BCUT2D eigenvalue weighted by molar-refractivity contribution is -0.155. The molecule has 0 aromatic rings. The van der Waals surface area contributed by atoms with Gasteiger partial charge in [-0.2, -0.15) is 0 Å². The SMILES string of the molecule is O=C1CCCC(C2CCOC3(CCOCC3)C2)C1. The van der Waals surface area contributed by atoms with Gasteiger partial charge < -0.3 is 9.47 Å². The molecule has 3 rings (SSSR count). The molecule has 0 aromatic heterocycles. The lowest BCUT2D eigenvalue weighted by Gasteiger charge is -2.45. The van der Waals surface area contributed by atoms with Crippen molar-refractivity contribution in [1.82, 2.24) is 0 Å². The summed E-state index contributed by atoms with van der Waals surface area (Å²) >= 11 is 0. The maximum absolute atomic E-state index is 11.6. The average molecular weight is 252 g/mol. The van der Waals surface area contributed by atoms with Crippen LogP contribution in [0.25, 0.3) is 0 Å². The predicted octanol–water partition coefficient (Wildman–Crippen LogP) is 2.72. The molecule has 3 aliphatic rings. The van der Waals surface area contributed by atoms with Crippen LogP contribution < -0.4 is 0 Å². The highest BCUT2D eigenvalue weighted by molar-refractivity contribution is 5.79. The van der Waals surface area contributed by atoms with Gasteiger partial charge in [0.2, 0.25) is 0 Å². The lowest BCUT2D eigenvalue weighted by Crippen LogP contribution is -2.46. The van der Waals surface area contributed by atoms with E-state index in [0.29, 0.717) is 17.6 Å². The van der Waals surface area contributed by atoms with Crippen LogP contribution in [0.5, 0.6) is 0 Å². The summed E-state index contributed by atoms with van der Waals surface area (Å²) in [4.78, 5) is 11.6. The van der Waals surface area contributed by atoms with E-state index in [1.165, 1.54) is 6.42 Å². The molecule has 2 saturated heterocycles. The zero-order valence-electron chi connectivity index (χ0n) is 11.2. The Balaban J connectivity index is 1.64. The van der Waals surface area contributed by atoms with Crippen molar-refractivity contribution in [3.8, 4) is 0 Å². The van der Waals surface area contributed by atoms with Gasteiger partial charge in [-0.1, -0.05) is 0 Å². The minimum absolute atomic E-state index is 0.0850. The zero-order valence-corrected chi connectivity index (χ0v) is 11.2. The number of hydrogen-bond acceptors (Lipinski definition) is 3. The van der Waals surface area contributed by atoms with Crippen LogP contribution in [0.2, 0.25) is 0 Å². The van der Waals surface area contributed by atoms with E-state index in [-0.39, 0.29) is 5.60 Å². The first kappa shape index (κ1) is 12.6. The van der Waals surface area contributed by atoms with Gasteiger partial charge >= 0.3 is 0 Å². The standard InChI is InChI=1S/C15H24O3/c16-14-3-1-2-12(10-14)13-4-7-18-15(11-13)5-8-17-9-6-15/h12-13H,1-11H2. The fraction of sp³-hybridized carbons (Fsp3) is 0.933. The molecule has 3 heteroatoms. The fourth-order valence-corrected chi connectivity index (χ4v) is 4.02. The molecule has 1 aliphatic carbocycles. The normalized spacial score (nSPS) is 36.8. The molecule has 2 heterocycles.